The Hall–Kier alpha value is -0.940. The molecule has 4 nitrogen and oxygen atoms in total. The predicted molar refractivity (Wildman–Crippen MR) is 138 cm³/mol. The van der Waals surface area contributed by atoms with Crippen LogP contribution in [0.5, 0.6) is 0 Å². The quantitative estimate of drug-likeness (QED) is 0.383. The molecule has 0 radical (unpaired) electrons. The Kier molecular flexibility index (Phi) is 11.4. The SMILES string of the molecule is CCN(Cc1cccc(CN(CC)[C@@H](CC(C)C)C(C)(C)O)c1)[C@@H](CC(C)C)C(C)(C)O. The van der Waals surface area contributed by atoms with Crippen LogP contribution >= 0.6 is 0 Å². The number of likely N-dealkylation sites (N-methyl/N-ethyl adjacent to an activating group) is 2. The zero-order chi connectivity index (χ0) is 24.7. The molecule has 1 rings (SSSR count). The van der Waals surface area contributed by atoms with E-state index in [1.165, 1.54) is 11.1 Å². The number of hydrogen-bond donors (Lipinski definition) is 2. The lowest BCUT2D eigenvalue weighted by molar-refractivity contribution is -0.0306. The summed E-state index contributed by atoms with van der Waals surface area (Å²) < 4.78 is 0. The smallest absolute Gasteiger partial charge is 0.0746 e. The highest BCUT2D eigenvalue weighted by molar-refractivity contribution is 5.24. The van der Waals surface area contributed by atoms with Crippen molar-refractivity contribution < 1.29 is 10.2 Å². The summed E-state index contributed by atoms with van der Waals surface area (Å²) in [6, 6.07) is 9.08. The minimum absolute atomic E-state index is 0.119. The first-order chi connectivity index (χ1) is 14.7. The van der Waals surface area contributed by atoms with E-state index in [1.54, 1.807) is 0 Å². The predicted octanol–water partition coefficient (Wildman–Crippen LogP) is 5.70. The molecule has 1 aromatic rings. The van der Waals surface area contributed by atoms with Crippen LogP contribution in [0.15, 0.2) is 24.3 Å². The van der Waals surface area contributed by atoms with E-state index >= 15 is 0 Å². The van der Waals surface area contributed by atoms with Gasteiger partial charge in [0.2, 0.25) is 0 Å². The summed E-state index contributed by atoms with van der Waals surface area (Å²) in [5.74, 6) is 1.06. The molecule has 0 unspecified atom stereocenters. The maximum Gasteiger partial charge on any atom is 0.0746 e. The van der Waals surface area contributed by atoms with Gasteiger partial charge in [0, 0.05) is 25.2 Å². The van der Waals surface area contributed by atoms with Gasteiger partial charge < -0.3 is 10.2 Å². The highest BCUT2D eigenvalue weighted by Gasteiger charge is 2.33. The lowest BCUT2D eigenvalue weighted by atomic mass is 9.88. The van der Waals surface area contributed by atoms with Crippen LogP contribution in [0, 0.1) is 11.8 Å². The average molecular weight is 449 g/mol. The van der Waals surface area contributed by atoms with Crippen molar-refractivity contribution in [3.05, 3.63) is 35.4 Å². The molecule has 4 heteroatoms. The van der Waals surface area contributed by atoms with Crippen molar-refractivity contribution in [2.75, 3.05) is 13.1 Å². The van der Waals surface area contributed by atoms with Gasteiger partial charge in [0.25, 0.3) is 0 Å². The third-order valence-corrected chi connectivity index (χ3v) is 6.48. The molecule has 0 aliphatic carbocycles. The van der Waals surface area contributed by atoms with Gasteiger partial charge in [-0.3, -0.25) is 9.80 Å². The first-order valence-electron chi connectivity index (χ1n) is 12.7. The molecule has 186 valence electrons. The highest BCUT2D eigenvalue weighted by atomic mass is 16.3. The van der Waals surface area contributed by atoms with Crippen molar-refractivity contribution in [1.29, 1.82) is 0 Å². The van der Waals surface area contributed by atoms with Crippen LogP contribution in [0.4, 0.5) is 0 Å². The van der Waals surface area contributed by atoms with Crippen molar-refractivity contribution in [2.24, 2.45) is 11.8 Å². The summed E-state index contributed by atoms with van der Waals surface area (Å²) in [6.45, 7) is 24.5. The minimum atomic E-state index is -0.742. The fourth-order valence-corrected chi connectivity index (χ4v) is 4.84. The maximum atomic E-state index is 10.8. The maximum absolute atomic E-state index is 10.8. The van der Waals surface area contributed by atoms with E-state index in [0.717, 1.165) is 39.0 Å². The zero-order valence-corrected chi connectivity index (χ0v) is 22.7. The van der Waals surface area contributed by atoms with E-state index in [2.05, 4.69) is 75.6 Å². The van der Waals surface area contributed by atoms with Crippen molar-refractivity contribution >= 4 is 0 Å². The molecule has 0 amide bonds. The Morgan fingerprint density at radius 1 is 0.719 bits per heavy atom. The standard InChI is InChI=1S/C28H52N2O2/c1-11-29(25(16-21(3)4)27(7,8)31)19-23-14-13-15-24(18-23)20-30(12-2)26(17-22(5)6)28(9,10)32/h13-15,18,21-22,25-26,31-32H,11-12,16-17,19-20H2,1-10H3/t25-,26-/m0/s1. The summed E-state index contributed by atoms with van der Waals surface area (Å²) >= 11 is 0. The lowest BCUT2D eigenvalue weighted by Gasteiger charge is -2.40. The Morgan fingerprint density at radius 2 is 1.06 bits per heavy atom. The van der Waals surface area contributed by atoms with Crippen molar-refractivity contribution in [2.45, 2.75) is 118 Å². The van der Waals surface area contributed by atoms with Gasteiger partial charge in [-0.05, 0) is 76.6 Å². The third-order valence-electron chi connectivity index (χ3n) is 6.48. The summed E-state index contributed by atoms with van der Waals surface area (Å²) in [5, 5.41) is 21.7. The number of benzene rings is 1. The van der Waals surface area contributed by atoms with E-state index in [-0.39, 0.29) is 12.1 Å². The monoisotopic (exact) mass is 448 g/mol. The fraction of sp³-hybridized carbons (Fsp3) is 0.786. The Morgan fingerprint density at radius 3 is 1.31 bits per heavy atom. The summed E-state index contributed by atoms with van der Waals surface area (Å²) in [6.07, 6.45) is 1.95. The first-order valence-corrected chi connectivity index (χ1v) is 12.7. The summed E-state index contributed by atoms with van der Waals surface area (Å²) in [4.78, 5) is 4.82. The minimum Gasteiger partial charge on any atom is -0.389 e. The van der Waals surface area contributed by atoms with Crippen LogP contribution in [-0.4, -0.2) is 56.4 Å². The molecule has 0 aromatic heterocycles. The number of hydrogen-bond acceptors (Lipinski definition) is 4. The molecule has 0 fully saturated rings. The molecular weight excluding hydrogens is 396 g/mol. The van der Waals surface area contributed by atoms with Gasteiger partial charge in [-0.25, -0.2) is 0 Å². The molecule has 1 aromatic carbocycles. The molecule has 0 saturated heterocycles. The van der Waals surface area contributed by atoms with Crippen LogP contribution in [0.2, 0.25) is 0 Å². The van der Waals surface area contributed by atoms with E-state index in [9.17, 15) is 10.2 Å². The van der Waals surface area contributed by atoms with E-state index in [4.69, 9.17) is 0 Å². The van der Waals surface area contributed by atoms with Crippen molar-refractivity contribution in [3.63, 3.8) is 0 Å². The molecule has 0 aliphatic heterocycles. The van der Waals surface area contributed by atoms with Gasteiger partial charge in [-0.1, -0.05) is 65.8 Å². The third kappa shape index (κ3) is 9.51. The molecule has 0 saturated carbocycles. The van der Waals surface area contributed by atoms with Crippen LogP contribution in [0.25, 0.3) is 0 Å². The van der Waals surface area contributed by atoms with Crippen molar-refractivity contribution in [1.82, 2.24) is 9.80 Å². The van der Waals surface area contributed by atoms with Gasteiger partial charge in [0.05, 0.1) is 11.2 Å². The molecule has 2 N–H and O–H groups in total. The molecule has 0 heterocycles. The van der Waals surface area contributed by atoms with Crippen LogP contribution in [0.3, 0.4) is 0 Å². The summed E-state index contributed by atoms with van der Waals surface area (Å²) in [5.41, 5.74) is 1.07. The number of aliphatic hydroxyl groups is 2. The lowest BCUT2D eigenvalue weighted by Crippen LogP contribution is -2.50. The van der Waals surface area contributed by atoms with E-state index < -0.39 is 11.2 Å². The Bertz CT molecular complexity index is 605. The van der Waals surface area contributed by atoms with Gasteiger partial charge in [-0.2, -0.15) is 0 Å². The highest BCUT2D eigenvalue weighted by Crippen LogP contribution is 2.27. The summed E-state index contributed by atoms with van der Waals surface area (Å²) in [7, 11) is 0. The topological polar surface area (TPSA) is 46.9 Å². The van der Waals surface area contributed by atoms with E-state index in [0.29, 0.717) is 11.8 Å². The molecule has 0 aliphatic rings. The Labute approximate surface area is 199 Å². The van der Waals surface area contributed by atoms with Crippen molar-refractivity contribution in [3.8, 4) is 0 Å². The van der Waals surface area contributed by atoms with Crippen LogP contribution in [0.1, 0.15) is 93.2 Å². The second kappa shape index (κ2) is 12.5. The first kappa shape index (κ1) is 29.1. The average Bonchev–Trinajstić information content (AvgIpc) is 2.65. The molecule has 2 atom stereocenters. The van der Waals surface area contributed by atoms with Gasteiger partial charge in [-0.15, -0.1) is 0 Å². The van der Waals surface area contributed by atoms with Crippen LogP contribution in [-0.2, 0) is 13.1 Å². The Balaban J connectivity index is 3.08. The zero-order valence-electron chi connectivity index (χ0n) is 22.7. The second-order valence-corrected chi connectivity index (χ2v) is 11.5. The number of rotatable bonds is 14. The molecule has 0 bridgehead atoms. The normalized spacial score (nSPS) is 15.2. The van der Waals surface area contributed by atoms with Gasteiger partial charge in [0.15, 0.2) is 0 Å². The fourth-order valence-electron chi connectivity index (χ4n) is 4.84. The molecule has 0 spiro atoms. The number of nitrogens with zero attached hydrogens (tertiary/aromatic N) is 2. The second-order valence-electron chi connectivity index (χ2n) is 11.5. The largest absolute Gasteiger partial charge is 0.389 e. The van der Waals surface area contributed by atoms with E-state index in [1.807, 2.05) is 27.7 Å². The molecule has 32 heavy (non-hydrogen) atoms. The van der Waals surface area contributed by atoms with Gasteiger partial charge >= 0.3 is 0 Å². The molecular formula is C28H52N2O2. The van der Waals surface area contributed by atoms with Crippen LogP contribution < -0.4 is 0 Å². The van der Waals surface area contributed by atoms with Gasteiger partial charge in [0.1, 0.15) is 0 Å².